The highest BCUT2D eigenvalue weighted by Gasteiger charge is 2.49. The van der Waals surface area contributed by atoms with E-state index in [2.05, 4.69) is 6.58 Å². The van der Waals surface area contributed by atoms with Gasteiger partial charge in [-0.25, -0.2) is 4.79 Å². The quantitative estimate of drug-likeness (QED) is 0.769. The van der Waals surface area contributed by atoms with Crippen LogP contribution in [0.3, 0.4) is 0 Å². The highest BCUT2D eigenvalue weighted by atomic mass is 16.6. The van der Waals surface area contributed by atoms with Gasteiger partial charge >= 0.3 is 5.97 Å². The Bertz CT molecular complexity index is 579. The van der Waals surface area contributed by atoms with Crippen molar-refractivity contribution in [3.05, 3.63) is 36.4 Å². The van der Waals surface area contributed by atoms with Gasteiger partial charge in [-0.15, -0.1) is 0 Å². The molecule has 0 aliphatic heterocycles. The van der Waals surface area contributed by atoms with Gasteiger partial charge in [-0.2, -0.15) is 0 Å². The van der Waals surface area contributed by atoms with E-state index in [1.54, 1.807) is 6.08 Å². The Balaban J connectivity index is 1.34. The number of hydrogen-bond donors (Lipinski definition) is 0. The minimum atomic E-state index is -0.235. The van der Waals surface area contributed by atoms with Gasteiger partial charge in [-0.1, -0.05) is 30.9 Å². The molecule has 4 aliphatic carbocycles. The Morgan fingerprint density at radius 2 is 1.74 bits per heavy atom. The van der Waals surface area contributed by atoms with E-state index in [4.69, 9.17) is 9.47 Å². The molecule has 0 unspecified atom stereocenters. The monoisotopic (exact) mass is 312 g/mol. The third kappa shape index (κ3) is 2.89. The number of ether oxygens (including phenoxy) is 2. The Labute approximate surface area is 137 Å². The van der Waals surface area contributed by atoms with Crippen LogP contribution in [0, 0.1) is 23.7 Å². The number of carbonyl (C=O) groups is 1. The van der Waals surface area contributed by atoms with E-state index in [1.807, 2.05) is 24.3 Å². The summed E-state index contributed by atoms with van der Waals surface area (Å²) in [7, 11) is 0. The molecule has 4 aliphatic rings. The molecule has 4 bridgehead atoms. The van der Waals surface area contributed by atoms with Gasteiger partial charge in [-0.05, 0) is 61.8 Å². The fourth-order valence-electron chi connectivity index (χ4n) is 5.17. The number of benzene rings is 1. The molecule has 4 saturated carbocycles. The Kier molecular flexibility index (Phi) is 3.88. The van der Waals surface area contributed by atoms with Crippen molar-refractivity contribution in [2.75, 3.05) is 6.61 Å². The standard InChI is InChI=1S/C20H24O3/c1-2-15-5-3-4-6-18(15)22-12-19(21)23-20-16-8-13-7-14(10-16)11-17(20)9-13/h2-6,13-14,16-17,20H,1,7-12H2. The van der Waals surface area contributed by atoms with Gasteiger partial charge < -0.3 is 9.47 Å². The van der Waals surface area contributed by atoms with Crippen LogP contribution in [-0.2, 0) is 9.53 Å². The topological polar surface area (TPSA) is 35.5 Å². The van der Waals surface area contributed by atoms with Gasteiger partial charge in [0.2, 0.25) is 0 Å². The number of hydrogen-bond acceptors (Lipinski definition) is 3. The predicted octanol–water partition coefficient (Wildman–Crippen LogP) is 4.08. The zero-order chi connectivity index (χ0) is 15.8. The minimum Gasteiger partial charge on any atom is -0.481 e. The van der Waals surface area contributed by atoms with Gasteiger partial charge in [-0.3, -0.25) is 0 Å². The van der Waals surface area contributed by atoms with E-state index in [-0.39, 0.29) is 18.7 Å². The molecule has 4 fully saturated rings. The summed E-state index contributed by atoms with van der Waals surface area (Å²) in [5, 5.41) is 0. The van der Waals surface area contributed by atoms with Crippen LogP contribution in [0.2, 0.25) is 0 Å². The molecule has 5 rings (SSSR count). The normalized spacial score (nSPS) is 34.2. The van der Waals surface area contributed by atoms with Crippen molar-refractivity contribution < 1.29 is 14.3 Å². The highest BCUT2D eigenvalue weighted by Crippen LogP contribution is 2.54. The molecule has 3 nitrogen and oxygen atoms in total. The van der Waals surface area contributed by atoms with Crippen molar-refractivity contribution in [1.82, 2.24) is 0 Å². The lowest BCUT2D eigenvalue weighted by Gasteiger charge is -2.53. The first-order valence-corrected chi connectivity index (χ1v) is 8.76. The summed E-state index contributed by atoms with van der Waals surface area (Å²) in [5.74, 6) is 3.42. The molecule has 0 saturated heterocycles. The largest absolute Gasteiger partial charge is 0.481 e. The first-order chi connectivity index (χ1) is 11.2. The lowest BCUT2D eigenvalue weighted by Crippen LogP contribution is -2.50. The Hall–Kier alpha value is -1.77. The van der Waals surface area contributed by atoms with Crippen LogP contribution in [0.1, 0.15) is 37.7 Å². The molecule has 0 N–H and O–H groups in total. The van der Waals surface area contributed by atoms with Crippen LogP contribution in [0.5, 0.6) is 5.75 Å². The molecule has 3 heteroatoms. The Morgan fingerprint density at radius 3 is 2.39 bits per heavy atom. The fraction of sp³-hybridized carbons (Fsp3) is 0.550. The zero-order valence-corrected chi connectivity index (χ0v) is 13.4. The maximum Gasteiger partial charge on any atom is 0.344 e. The summed E-state index contributed by atoms with van der Waals surface area (Å²) < 4.78 is 11.5. The molecule has 23 heavy (non-hydrogen) atoms. The van der Waals surface area contributed by atoms with E-state index in [0.29, 0.717) is 17.6 Å². The molecule has 1 aromatic rings. The number of para-hydroxylation sites is 1. The van der Waals surface area contributed by atoms with E-state index in [0.717, 1.165) is 17.4 Å². The van der Waals surface area contributed by atoms with Gasteiger partial charge in [0.1, 0.15) is 11.9 Å². The van der Waals surface area contributed by atoms with Crippen molar-refractivity contribution in [2.24, 2.45) is 23.7 Å². The second-order valence-electron chi connectivity index (χ2n) is 7.42. The zero-order valence-electron chi connectivity index (χ0n) is 13.4. The number of rotatable bonds is 5. The average molecular weight is 312 g/mol. The van der Waals surface area contributed by atoms with Crippen LogP contribution >= 0.6 is 0 Å². The van der Waals surface area contributed by atoms with Crippen molar-refractivity contribution in [3.63, 3.8) is 0 Å². The van der Waals surface area contributed by atoms with Crippen LogP contribution in [-0.4, -0.2) is 18.7 Å². The van der Waals surface area contributed by atoms with Crippen LogP contribution in [0.4, 0.5) is 0 Å². The SMILES string of the molecule is C=Cc1ccccc1OCC(=O)OC1C2CC3CC(C2)CC1C3. The molecular formula is C20H24O3. The minimum absolute atomic E-state index is 0.0202. The molecule has 0 atom stereocenters. The van der Waals surface area contributed by atoms with Crippen LogP contribution in [0.15, 0.2) is 30.8 Å². The van der Waals surface area contributed by atoms with E-state index in [1.165, 1.54) is 32.1 Å². The maximum atomic E-state index is 12.2. The molecule has 0 amide bonds. The molecule has 0 spiro atoms. The first-order valence-electron chi connectivity index (χ1n) is 8.76. The van der Waals surface area contributed by atoms with E-state index >= 15 is 0 Å². The molecule has 0 radical (unpaired) electrons. The van der Waals surface area contributed by atoms with Crippen molar-refractivity contribution >= 4 is 12.0 Å². The molecule has 0 aromatic heterocycles. The number of esters is 1. The molecule has 1 aromatic carbocycles. The summed E-state index contributed by atoms with van der Waals surface area (Å²) in [5.41, 5.74) is 0.898. The maximum absolute atomic E-state index is 12.2. The third-order valence-electron chi connectivity index (χ3n) is 5.89. The lowest BCUT2D eigenvalue weighted by atomic mass is 9.55. The first kappa shape index (κ1) is 14.8. The molecular weight excluding hydrogens is 288 g/mol. The van der Waals surface area contributed by atoms with Crippen molar-refractivity contribution in [3.8, 4) is 5.75 Å². The summed E-state index contributed by atoms with van der Waals surface area (Å²) in [6, 6.07) is 7.60. The Morgan fingerprint density at radius 1 is 1.09 bits per heavy atom. The third-order valence-corrected chi connectivity index (χ3v) is 5.89. The van der Waals surface area contributed by atoms with Gasteiger partial charge in [0.15, 0.2) is 6.61 Å². The van der Waals surface area contributed by atoms with E-state index < -0.39 is 0 Å². The van der Waals surface area contributed by atoms with Crippen molar-refractivity contribution in [2.45, 2.75) is 38.2 Å². The van der Waals surface area contributed by atoms with Crippen molar-refractivity contribution in [1.29, 1.82) is 0 Å². The van der Waals surface area contributed by atoms with E-state index in [9.17, 15) is 4.79 Å². The van der Waals surface area contributed by atoms with Gasteiger partial charge in [0.05, 0.1) is 0 Å². The van der Waals surface area contributed by atoms with Crippen LogP contribution < -0.4 is 4.74 Å². The molecule has 0 heterocycles. The fourth-order valence-corrected chi connectivity index (χ4v) is 5.17. The number of carbonyl (C=O) groups excluding carboxylic acids is 1. The van der Waals surface area contributed by atoms with Gasteiger partial charge in [0.25, 0.3) is 0 Å². The summed E-state index contributed by atoms with van der Waals surface area (Å²) >= 11 is 0. The molecule has 122 valence electrons. The predicted molar refractivity (Wildman–Crippen MR) is 89.0 cm³/mol. The summed E-state index contributed by atoms with van der Waals surface area (Å²) in [6.07, 6.45) is 8.30. The highest BCUT2D eigenvalue weighted by molar-refractivity contribution is 5.71. The second kappa shape index (κ2) is 6.03. The lowest BCUT2D eigenvalue weighted by molar-refractivity contribution is -0.172. The van der Waals surface area contributed by atoms with Gasteiger partial charge in [0, 0.05) is 5.56 Å². The summed E-state index contributed by atoms with van der Waals surface area (Å²) in [6.45, 7) is 3.75. The smallest absolute Gasteiger partial charge is 0.344 e. The average Bonchev–Trinajstić information content (AvgIpc) is 2.56. The second-order valence-corrected chi connectivity index (χ2v) is 7.42. The van der Waals surface area contributed by atoms with Crippen LogP contribution in [0.25, 0.3) is 6.08 Å². The summed E-state index contributed by atoms with van der Waals surface area (Å²) in [4.78, 5) is 12.2.